The van der Waals surface area contributed by atoms with Gasteiger partial charge in [-0.2, -0.15) is 0 Å². The molecule has 0 bridgehead atoms. The molecule has 2 N–H and O–H groups in total. The molecule has 28 heavy (non-hydrogen) atoms. The van der Waals surface area contributed by atoms with Crippen LogP contribution in [0.1, 0.15) is 105 Å². The summed E-state index contributed by atoms with van der Waals surface area (Å²) in [6, 6.07) is 0. The molecule has 3 heteroatoms. The topological polar surface area (TPSA) is 57.5 Å². The molecule has 3 saturated carbocycles. The molecule has 0 radical (unpaired) electrons. The summed E-state index contributed by atoms with van der Waals surface area (Å²) in [5, 5.41) is 19.2. The van der Waals surface area contributed by atoms with Crippen LogP contribution in [0.25, 0.3) is 0 Å². The Balaban J connectivity index is 1.71. The van der Waals surface area contributed by atoms with E-state index in [9.17, 15) is 9.90 Å². The van der Waals surface area contributed by atoms with Crippen molar-refractivity contribution in [2.24, 2.45) is 40.4 Å². The molecule has 0 aliphatic heterocycles. The fourth-order valence-electron chi connectivity index (χ4n) is 8.02. The lowest BCUT2D eigenvalue weighted by molar-refractivity contribution is -0.137. The minimum atomic E-state index is -0.646. The standard InChI is InChI=1S/C25H44O3/c1-5-18(26)12-15-24(3)14-6-7-19-21(24)13-16-25(4)20(9-10-22(19)25)17(2)8-11-23(27)28/h17-22,26H,5-16H2,1-4H3,(H,27,28)/t17-,18+,19?,20-,21?,22?,24-,25-/m1/s1. The van der Waals surface area contributed by atoms with Gasteiger partial charge < -0.3 is 10.2 Å². The van der Waals surface area contributed by atoms with Gasteiger partial charge in [0.15, 0.2) is 0 Å². The summed E-state index contributed by atoms with van der Waals surface area (Å²) in [6.45, 7) is 9.48. The van der Waals surface area contributed by atoms with Crippen molar-refractivity contribution in [1.29, 1.82) is 0 Å². The van der Waals surface area contributed by atoms with Crippen LogP contribution in [0.5, 0.6) is 0 Å². The largest absolute Gasteiger partial charge is 0.481 e. The van der Waals surface area contributed by atoms with Crippen LogP contribution in [-0.4, -0.2) is 22.3 Å². The number of aliphatic carboxylic acids is 1. The summed E-state index contributed by atoms with van der Waals surface area (Å²) in [5.41, 5.74) is 0.827. The molecule has 0 aromatic carbocycles. The Morgan fingerprint density at radius 1 is 1.07 bits per heavy atom. The van der Waals surface area contributed by atoms with E-state index in [2.05, 4.69) is 27.7 Å². The maximum atomic E-state index is 11.1. The zero-order valence-corrected chi connectivity index (χ0v) is 18.8. The highest BCUT2D eigenvalue weighted by Crippen LogP contribution is 2.66. The Morgan fingerprint density at radius 2 is 1.82 bits per heavy atom. The second kappa shape index (κ2) is 8.66. The first kappa shape index (κ1) is 22.1. The number of aliphatic hydroxyl groups excluding tert-OH is 1. The van der Waals surface area contributed by atoms with Gasteiger partial charge in [-0.05, 0) is 105 Å². The van der Waals surface area contributed by atoms with E-state index >= 15 is 0 Å². The number of carbonyl (C=O) groups is 1. The molecule has 0 spiro atoms. The SMILES string of the molecule is CC[C@H](O)CC[C@@]1(C)CCCC2C1CC[C@@]1(C)C2CC[C@@H]1[C@H](C)CCC(=O)O. The summed E-state index contributed by atoms with van der Waals surface area (Å²) >= 11 is 0. The first-order chi connectivity index (χ1) is 13.2. The number of fused-ring (bicyclic) bond motifs is 3. The van der Waals surface area contributed by atoms with Gasteiger partial charge in [0.2, 0.25) is 0 Å². The molecule has 3 rings (SSSR count). The van der Waals surface area contributed by atoms with Crippen LogP contribution in [0.4, 0.5) is 0 Å². The van der Waals surface area contributed by atoms with Crippen molar-refractivity contribution in [3.05, 3.63) is 0 Å². The highest BCUT2D eigenvalue weighted by molar-refractivity contribution is 5.66. The van der Waals surface area contributed by atoms with Crippen molar-refractivity contribution >= 4 is 5.97 Å². The molecular formula is C25H44O3. The van der Waals surface area contributed by atoms with E-state index in [1.165, 1.54) is 51.4 Å². The Morgan fingerprint density at radius 3 is 2.50 bits per heavy atom. The maximum absolute atomic E-state index is 11.1. The molecule has 0 amide bonds. The zero-order chi connectivity index (χ0) is 20.5. The van der Waals surface area contributed by atoms with Crippen molar-refractivity contribution < 1.29 is 15.0 Å². The molecule has 3 fully saturated rings. The minimum absolute atomic E-state index is 0.128. The Bertz CT molecular complexity index is 546. The summed E-state index contributed by atoms with van der Waals surface area (Å²) in [7, 11) is 0. The Kier molecular flexibility index (Phi) is 6.84. The van der Waals surface area contributed by atoms with Gasteiger partial charge in [-0.3, -0.25) is 4.79 Å². The van der Waals surface area contributed by atoms with Gasteiger partial charge in [-0.1, -0.05) is 34.1 Å². The lowest BCUT2D eigenvalue weighted by atomic mass is 9.48. The quantitative estimate of drug-likeness (QED) is 0.510. The van der Waals surface area contributed by atoms with Crippen LogP contribution >= 0.6 is 0 Å². The summed E-state index contributed by atoms with van der Waals surface area (Å²) < 4.78 is 0. The van der Waals surface area contributed by atoms with Gasteiger partial charge in [-0.25, -0.2) is 0 Å². The van der Waals surface area contributed by atoms with Gasteiger partial charge in [0, 0.05) is 6.42 Å². The average Bonchev–Trinajstić information content (AvgIpc) is 3.02. The van der Waals surface area contributed by atoms with E-state index in [-0.39, 0.29) is 6.10 Å². The lowest BCUT2D eigenvalue weighted by Crippen LogP contribution is -2.49. The van der Waals surface area contributed by atoms with E-state index in [4.69, 9.17) is 5.11 Å². The molecule has 8 atom stereocenters. The highest BCUT2D eigenvalue weighted by atomic mass is 16.4. The second-order valence-corrected chi connectivity index (χ2v) is 11.2. The van der Waals surface area contributed by atoms with Crippen LogP contribution < -0.4 is 0 Å². The number of hydrogen-bond donors (Lipinski definition) is 2. The van der Waals surface area contributed by atoms with E-state index in [0.29, 0.717) is 29.1 Å². The Labute approximate surface area is 172 Å². The summed E-state index contributed by atoms with van der Waals surface area (Å²) in [5.74, 6) is 3.10. The number of rotatable bonds is 8. The summed E-state index contributed by atoms with van der Waals surface area (Å²) in [4.78, 5) is 11.1. The van der Waals surface area contributed by atoms with Gasteiger partial charge >= 0.3 is 5.97 Å². The third-order valence-electron chi connectivity index (χ3n) is 9.71. The second-order valence-electron chi connectivity index (χ2n) is 11.2. The molecule has 3 nitrogen and oxygen atoms in total. The zero-order valence-electron chi connectivity index (χ0n) is 18.8. The molecular weight excluding hydrogens is 348 g/mol. The van der Waals surface area contributed by atoms with Gasteiger partial charge in [0.05, 0.1) is 6.10 Å². The molecule has 0 aromatic heterocycles. The monoisotopic (exact) mass is 392 g/mol. The molecule has 3 aliphatic carbocycles. The van der Waals surface area contributed by atoms with Crippen molar-refractivity contribution in [2.45, 2.75) is 111 Å². The average molecular weight is 393 g/mol. The van der Waals surface area contributed by atoms with E-state index in [0.717, 1.165) is 37.0 Å². The molecule has 3 aliphatic rings. The third kappa shape index (κ3) is 4.16. The normalized spacial score (nSPS) is 42.5. The number of aliphatic hydroxyl groups is 1. The smallest absolute Gasteiger partial charge is 0.303 e. The van der Waals surface area contributed by atoms with Crippen LogP contribution in [0.2, 0.25) is 0 Å². The first-order valence-electron chi connectivity index (χ1n) is 12.1. The molecule has 0 saturated heterocycles. The van der Waals surface area contributed by atoms with Gasteiger partial charge in [0.25, 0.3) is 0 Å². The molecule has 0 heterocycles. The minimum Gasteiger partial charge on any atom is -0.481 e. The summed E-state index contributed by atoms with van der Waals surface area (Å²) in [6.07, 6.45) is 13.5. The predicted octanol–water partition coefficient (Wildman–Crippen LogP) is 6.29. The number of carboxylic acids is 1. The van der Waals surface area contributed by atoms with Crippen LogP contribution in [0, 0.1) is 40.4 Å². The molecule has 3 unspecified atom stereocenters. The van der Waals surface area contributed by atoms with Gasteiger partial charge in [0.1, 0.15) is 0 Å². The first-order valence-corrected chi connectivity index (χ1v) is 12.1. The van der Waals surface area contributed by atoms with E-state index < -0.39 is 5.97 Å². The van der Waals surface area contributed by atoms with Crippen molar-refractivity contribution in [2.75, 3.05) is 0 Å². The number of carboxylic acid groups (broad SMARTS) is 1. The predicted molar refractivity (Wildman–Crippen MR) is 114 cm³/mol. The Hall–Kier alpha value is -0.570. The van der Waals surface area contributed by atoms with E-state index in [1.54, 1.807) is 0 Å². The van der Waals surface area contributed by atoms with Crippen molar-refractivity contribution in [3.8, 4) is 0 Å². The van der Waals surface area contributed by atoms with Crippen LogP contribution in [0.15, 0.2) is 0 Å². The van der Waals surface area contributed by atoms with Crippen LogP contribution in [0.3, 0.4) is 0 Å². The maximum Gasteiger partial charge on any atom is 0.303 e. The number of hydrogen-bond acceptors (Lipinski definition) is 2. The molecule has 0 aromatic rings. The molecule has 162 valence electrons. The lowest BCUT2D eigenvalue weighted by Gasteiger charge is -2.57. The highest BCUT2D eigenvalue weighted by Gasteiger charge is 2.58. The van der Waals surface area contributed by atoms with Crippen molar-refractivity contribution in [3.63, 3.8) is 0 Å². The van der Waals surface area contributed by atoms with Gasteiger partial charge in [-0.15, -0.1) is 0 Å². The third-order valence-corrected chi connectivity index (χ3v) is 9.71. The van der Waals surface area contributed by atoms with E-state index in [1.807, 2.05) is 0 Å². The fraction of sp³-hybridized carbons (Fsp3) is 0.960. The fourth-order valence-corrected chi connectivity index (χ4v) is 8.02. The van der Waals surface area contributed by atoms with Crippen molar-refractivity contribution in [1.82, 2.24) is 0 Å². The van der Waals surface area contributed by atoms with Crippen LogP contribution in [-0.2, 0) is 4.79 Å².